The largest absolute Gasteiger partial charge is 0.228 e. The van der Waals surface area contributed by atoms with Crippen molar-refractivity contribution in [3.63, 3.8) is 0 Å². The van der Waals surface area contributed by atoms with Crippen LogP contribution in [0.4, 0.5) is 8.78 Å². The van der Waals surface area contributed by atoms with Crippen molar-refractivity contribution in [2.75, 3.05) is 0 Å². The van der Waals surface area contributed by atoms with E-state index in [1.165, 1.54) is 0 Å². The highest BCUT2D eigenvalue weighted by Gasteiger charge is 2.10. The van der Waals surface area contributed by atoms with Gasteiger partial charge in [0.1, 0.15) is 16.8 Å². The van der Waals surface area contributed by atoms with Crippen molar-refractivity contribution in [2.24, 2.45) is 0 Å². The second-order valence-electron chi connectivity index (χ2n) is 4.16. The number of benzene rings is 2. The maximum atomic E-state index is 13.2. The van der Waals surface area contributed by atoms with Gasteiger partial charge in [0.2, 0.25) is 0 Å². The summed E-state index contributed by atoms with van der Waals surface area (Å²) in [5.74, 6) is -1.26. The average Bonchev–Trinajstić information content (AvgIpc) is 2.36. The quantitative estimate of drug-likeness (QED) is 0.598. The van der Waals surface area contributed by atoms with E-state index in [0.29, 0.717) is 15.9 Å². The van der Waals surface area contributed by atoms with Crippen molar-refractivity contribution in [1.29, 1.82) is 0 Å². The molecule has 0 spiro atoms. The van der Waals surface area contributed by atoms with Gasteiger partial charge in [0.15, 0.2) is 5.82 Å². The van der Waals surface area contributed by atoms with E-state index in [2.05, 4.69) is 9.97 Å². The van der Waals surface area contributed by atoms with Crippen LogP contribution in [0.3, 0.4) is 0 Å². The first-order chi connectivity index (χ1) is 9.52. The predicted octanol–water partition coefficient (Wildman–Crippen LogP) is 4.88. The molecule has 0 fully saturated rings. The summed E-state index contributed by atoms with van der Waals surface area (Å²) in [6.07, 6.45) is 0. The van der Waals surface area contributed by atoms with Gasteiger partial charge in [0.05, 0.1) is 5.52 Å². The standard InChI is InChI=1S/C14H6Cl2F2N2/c15-8-1-2-11-12(5-8)19-14(20-13(11)16)7-3-9(17)6-10(18)4-7/h1-6H. The molecule has 2 aromatic carbocycles. The lowest BCUT2D eigenvalue weighted by Gasteiger charge is -2.05. The van der Waals surface area contributed by atoms with Crippen molar-refractivity contribution in [3.05, 3.63) is 58.2 Å². The van der Waals surface area contributed by atoms with E-state index in [9.17, 15) is 8.78 Å². The van der Waals surface area contributed by atoms with Gasteiger partial charge in [0, 0.05) is 22.0 Å². The van der Waals surface area contributed by atoms with Crippen molar-refractivity contribution >= 4 is 34.1 Å². The van der Waals surface area contributed by atoms with E-state index in [1.807, 2.05) is 0 Å². The molecule has 3 aromatic rings. The summed E-state index contributed by atoms with van der Waals surface area (Å²) in [7, 11) is 0. The number of hydrogen-bond acceptors (Lipinski definition) is 2. The molecule has 1 heterocycles. The van der Waals surface area contributed by atoms with E-state index in [0.717, 1.165) is 18.2 Å². The molecule has 2 nitrogen and oxygen atoms in total. The highest BCUT2D eigenvalue weighted by atomic mass is 35.5. The fourth-order valence-electron chi connectivity index (χ4n) is 1.88. The van der Waals surface area contributed by atoms with Gasteiger partial charge in [-0.05, 0) is 30.3 Å². The molecular formula is C14H6Cl2F2N2. The zero-order chi connectivity index (χ0) is 14.3. The first-order valence-electron chi connectivity index (χ1n) is 5.62. The Morgan fingerprint density at radius 3 is 2.25 bits per heavy atom. The van der Waals surface area contributed by atoms with Gasteiger partial charge < -0.3 is 0 Å². The van der Waals surface area contributed by atoms with Gasteiger partial charge in [-0.1, -0.05) is 23.2 Å². The highest BCUT2D eigenvalue weighted by Crippen LogP contribution is 2.27. The summed E-state index contributed by atoms with van der Waals surface area (Å²) in [6.45, 7) is 0. The van der Waals surface area contributed by atoms with Gasteiger partial charge in [-0.15, -0.1) is 0 Å². The number of halogens is 4. The smallest absolute Gasteiger partial charge is 0.161 e. The average molecular weight is 311 g/mol. The molecule has 0 atom stereocenters. The molecule has 0 aliphatic rings. The molecule has 100 valence electrons. The van der Waals surface area contributed by atoms with E-state index in [-0.39, 0.29) is 16.5 Å². The van der Waals surface area contributed by atoms with Crippen LogP contribution in [0.1, 0.15) is 0 Å². The van der Waals surface area contributed by atoms with E-state index >= 15 is 0 Å². The molecular weight excluding hydrogens is 305 g/mol. The summed E-state index contributed by atoms with van der Waals surface area (Å²) < 4.78 is 26.5. The zero-order valence-corrected chi connectivity index (χ0v) is 11.4. The maximum absolute atomic E-state index is 13.2. The van der Waals surface area contributed by atoms with Crippen molar-refractivity contribution in [2.45, 2.75) is 0 Å². The van der Waals surface area contributed by atoms with Crippen LogP contribution in [0.15, 0.2) is 36.4 Å². The third kappa shape index (κ3) is 2.44. The van der Waals surface area contributed by atoms with Gasteiger partial charge in [0.25, 0.3) is 0 Å². The normalized spacial score (nSPS) is 11.0. The molecule has 0 saturated heterocycles. The first kappa shape index (κ1) is 13.2. The lowest BCUT2D eigenvalue weighted by atomic mass is 10.2. The van der Waals surface area contributed by atoms with Crippen molar-refractivity contribution < 1.29 is 8.78 Å². The minimum absolute atomic E-state index is 0.142. The molecule has 20 heavy (non-hydrogen) atoms. The Morgan fingerprint density at radius 1 is 0.850 bits per heavy atom. The third-order valence-corrected chi connectivity index (χ3v) is 3.26. The third-order valence-electron chi connectivity index (χ3n) is 2.73. The lowest BCUT2D eigenvalue weighted by molar-refractivity contribution is 0.584. The summed E-state index contributed by atoms with van der Waals surface area (Å²) in [5.41, 5.74) is 0.725. The molecule has 0 aliphatic carbocycles. The summed E-state index contributed by atoms with van der Waals surface area (Å²) in [5, 5.41) is 1.31. The van der Waals surface area contributed by atoms with E-state index < -0.39 is 11.6 Å². The van der Waals surface area contributed by atoms with Gasteiger partial charge in [-0.25, -0.2) is 18.7 Å². The Labute approximate surface area is 123 Å². The molecule has 6 heteroatoms. The Bertz CT molecular complexity index is 801. The van der Waals surface area contributed by atoms with Crippen LogP contribution in [0.5, 0.6) is 0 Å². The fraction of sp³-hybridized carbons (Fsp3) is 0. The maximum Gasteiger partial charge on any atom is 0.161 e. The number of fused-ring (bicyclic) bond motifs is 1. The molecule has 0 radical (unpaired) electrons. The van der Waals surface area contributed by atoms with Gasteiger partial charge in [-0.2, -0.15) is 0 Å². The van der Waals surface area contributed by atoms with E-state index in [1.54, 1.807) is 18.2 Å². The zero-order valence-electron chi connectivity index (χ0n) is 9.87. The highest BCUT2D eigenvalue weighted by molar-refractivity contribution is 6.35. The number of rotatable bonds is 1. The fourth-order valence-corrected chi connectivity index (χ4v) is 2.28. The molecule has 1 aromatic heterocycles. The topological polar surface area (TPSA) is 25.8 Å². The number of hydrogen-bond donors (Lipinski definition) is 0. The van der Waals surface area contributed by atoms with Crippen molar-refractivity contribution in [1.82, 2.24) is 9.97 Å². The van der Waals surface area contributed by atoms with Gasteiger partial charge >= 0.3 is 0 Å². The van der Waals surface area contributed by atoms with Gasteiger partial charge in [-0.3, -0.25) is 0 Å². The first-order valence-corrected chi connectivity index (χ1v) is 6.38. The molecule has 0 bridgehead atoms. The van der Waals surface area contributed by atoms with Crippen LogP contribution in [-0.4, -0.2) is 9.97 Å². The molecule has 0 amide bonds. The number of aromatic nitrogens is 2. The second kappa shape index (κ2) is 4.96. The predicted molar refractivity (Wildman–Crippen MR) is 74.9 cm³/mol. The summed E-state index contributed by atoms with van der Waals surface area (Å²) >= 11 is 12.0. The minimum atomic E-state index is -0.703. The Kier molecular flexibility index (Phi) is 3.28. The monoisotopic (exact) mass is 310 g/mol. The Morgan fingerprint density at radius 2 is 1.55 bits per heavy atom. The Balaban J connectivity index is 2.26. The summed E-state index contributed by atoms with van der Waals surface area (Å²) in [6, 6.07) is 8.04. The van der Waals surface area contributed by atoms with Crippen LogP contribution < -0.4 is 0 Å². The van der Waals surface area contributed by atoms with Crippen LogP contribution in [0, 0.1) is 11.6 Å². The molecule has 0 unspecified atom stereocenters. The van der Waals surface area contributed by atoms with E-state index in [4.69, 9.17) is 23.2 Å². The molecule has 0 saturated carbocycles. The molecule has 3 rings (SSSR count). The second-order valence-corrected chi connectivity index (χ2v) is 4.95. The molecule has 0 N–H and O–H groups in total. The minimum Gasteiger partial charge on any atom is -0.228 e. The number of nitrogens with zero attached hydrogens (tertiary/aromatic N) is 2. The SMILES string of the molecule is Fc1cc(F)cc(-c2nc(Cl)c3ccc(Cl)cc3n2)c1. The summed E-state index contributed by atoms with van der Waals surface area (Å²) in [4.78, 5) is 8.30. The van der Waals surface area contributed by atoms with Crippen LogP contribution in [0.25, 0.3) is 22.3 Å². The van der Waals surface area contributed by atoms with Crippen LogP contribution in [-0.2, 0) is 0 Å². The Hall–Kier alpha value is -1.78. The van der Waals surface area contributed by atoms with Crippen LogP contribution in [0.2, 0.25) is 10.2 Å². The molecule has 0 aliphatic heterocycles. The van der Waals surface area contributed by atoms with Crippen molar-refractivity contribution in [3.8, 4) is 11.4 Å². The van der Waals surface area contributed by atoms with Crippen LogP contribution >= 0.6 is 23.2 Å². The lowest BCUT2D eigenvalue weighted by Crippen LogP contribution is -1.93.